The van der Waals surface area contributed by atoms with E-state index in [1.165, 1.54) is 12.1 Å². The molecule has 5 rings (SSSR count). The van der Waals surface area contributed by atoms with E-state index in [1.54, 1.807) is 46.0 Å². The molecule has 1 saturated heterocycles. The number of ether oxygens (including phenoxy) is 2. The summed E-state index contributed by atoms with van der Waals surface area (Å²) < 4.78 is 28.0. The zero-order valence-electron chi connectivity index (χ0n) is 21.1. The van der Waals surface area contributed by atoms with Crippen molar-refractivity contribution in [2.75, 3.05) is 13.2 Å². The predicted octanol–water partition coefficient (Wildman–Crippen LogP) is 6.84. The molecule has 1 aliphatic heterocycles. The van der Waals surface area contributed by atoms with Crippen LogP contribution in [0.1, 0.15) is 41.4 Å². The summed E-state index contributed by atoms with van der Waals surface area (Å²) in [6, 6.07) is 22.5. The summed E-state index contributed by atoms with van der Waals surface area (Å²) in [7, 11) is 0. The topological polar surface area (TPSA) is 56.6 Å². The van der Waals surface area contributed by atoms with Gasteiger partial charge in [-0.3, -0.25) is 4.79 Å². The average molecular weight is 534 g/mol. The number of rotatable bonds is 9. The Morgan fingerprint density at radius 3 is 2.61 bits per heavy atom. The minimum absolute atomic E-state index is 0.0481. The third-order valence-corrected chi connectivity index (χ3v) is 6.79. The Labute approximate surface area is 226 Å². The van der Waals surface area contributed by atoms with Gasteiger partial charge in [-0.25, -0.2) is 9.07 Å². The lowest BCUT2D eigenvalue weighted by Gasteiger charge is -2.26. The first kappa shape index (κ1) is 25.9. The van der Waals surface area contributed by atoms with Crippen LogP contribution in [0.15, 0.2) is 78.9 Å². The fourth-order valence-corrected chi connectivity index (χ4v) is 4.76. The molecule has 4 aromatic rings. The molecule has 1 aliphatic rings. The van der Waals surface area contributed by atoms with E-state index in [4.69, 9.17) is 26.2 Å². The van der Waals surface area contributed by atoms with Gasteiger partial charge in [-0.2, -0.15) is 5.10 Å². The van der Waals surface area contributed by atoms with Crippen LogP contribution in [0.2, 0.25) is 5.02 Å². The molecule has 8 heteroatoms. The maximum absolute atomic E-state index is 14.0. The van der Waals surface area contributed by atoms with Crippen molar-refractivity contribution >= 4 is 17.5 Å². The van der Waals surface area contributed by atoms with Gasteiger partial charge in [0.05, 0.1) is 29.6 Å². The second-order valence-corrected chi connectivity index (χ2v) is 9.65. The van der Waals surface area contributed by atoms with E-state index < -0.39 is 5.82 Å². The zero-order valence-corrected chi connectivity index (χ0v) is 21.9. The average Bonchev–Trinajstić information content (AvgIpc) is 3.57. The van der Waals surface area contributed by atoms with Crippen LogP contribution in [0.25, 0.3) is 5.69 Å². The summed E-state index contributed by atoms with van der Waals surface area (Å²) in [5.41, 5.74) is 2.89. The molecule has 1 atom stereocenters. The Hall–Kier alpha value is -3.68. The second-order valence-electron chi connectivity index (χ2n) is 9.22. The minimum atomic E-state index is -0.400. The number of hydrogen-bond acceptors (Lipinski definition) is 4. The third kappa shape index (κ3) is 5.90. The summed E-state index contributed by atoms with van der Waals surface area (Å²) in [6.45, 7) is 3.38. The van der Waals surface area contributed by atoms with Crippen LogP contribution in [0.4, 0.5) is 4.39 Å². The number of aromatic nitrogens is 2. The van der Waals surface area contributed by atoms with E-state index in [9.17, 15) is 9.18 Å². The van der Waals surface area contributed by atoms with Gasteiger partial charge in [0.2, 0.25) is 5.88 Å². The van der Waals surface area contributed by atoms with Crippen molar-refractivity contribution in [1.82, 2.24) is 14.7 Å². The molecule has 0 bridgehead atoms. The van der Waals surface area contributed by atoms with Gasteiger partial charge < -0.3 is 14.4 Å². The molecule has 0 spiro atoms. The van der Waals surface area contributed by atoms with Crippen molar-refractivity contribution in [1.29, 1.82) is 0 Å². The Morgan fingerprint density at radius 1 is 1.13 bits per heavy atom. The van der Waals surface area contributed by atoms with E-state index in [1.807, 2.05) is 37.3 Å². The smallest absolute Gasteiger partial charge is 0.254 e. The number of hydrogen-bond donors (Lipinski definition) is 0. The van der Waals surface area contributed by atoms with Gasteiger partial charge in [0, 0.05) is 29.8 Å². The van der Waals surface area contributed by atoms with E-state index in [2.05, 4.69) is 0 Å². The summed E-state index contributed by atoms with van der Waals surface area (Å²) in [5.74, 6) is 0.257. The molecule has 196 valence electrons. The summed E-state index contributed by atoms with van der Waals surface area (Å²) in [5, 5.41) is 5.42. The highest BCUT2D eigenvalue weighted by Crippen LogP contribution is 2.33. The van der Waals surface area contributed by atoms with E-state index in [0.29, 0.717) is 41.8 Å². The molecule has 0 aliphatic carbocycles. The van der Waals surface area contributed by atoms with Crippen LogP contribution in [0.3, 0.4) is 0 Å². The summed E-state index contributed by atoms with van der Waals surface area (Å²) >= 11 is 6.07. The van der Waals surface area contributed by atoms with Crippen LogP contribution < -0.4 is 4.74 Å². The predicted molar refractivity (Wildman–Crippen MR) is 145 cm³/mol. The normalized spacial score (nSPS) is 15.0. The number of para-hydroxylation sites is 1. The Balaban J connectivity index is 1.57. The first-order chi connectivity index (χ1) is 18.5. The molecule has 1 aromatic heterocycles. The Kier molecular flexibility index (Phi) is 8.05. The van der Waals surface area contributed by atoms with E-state index in [0.717, 1.165) is 29.8 Å². The number of carbonyl (C=O) groups is 1. The van der Waals surface area contributed by atoms with Gasteiger partial charge in [0.15, 0.2) is 0 Å². The molecule has 1 fully saturated rings. The molecule has 6 nitrogen and oxygen atoms in total. The number of benzene rings is 3. The van der Waals surface area contributed by atoms with Crippen LogP contribution >= 0.6 is 11.6 Å². The van der Waals surface area contributed by atoms with Gasteiger partial charge in [0.25, 0.3) is 5.91 Å². The quantitative estimate of drug-likeness (QED) is 0.236. The maximum Gasteiger partial charge on any atom is 0.254 e. The van der Waals surface area contributed by atoms with Crippen molar-refractivity contribution in [2.24, 2.45) is 0 Å². The standard InChI is InChI=1S/C30H29ClFN3O3/c1-2-28-27(20-34(19-26-12-7-17-37-26)29(36)21-13-15-22(31)16-14-21)30(38-25-11-6-8-23(32)18-25)35(33-28)24-9-4-3-5-10-24/h3-6,8-11,13-16,18,26H,2,7,12,17,19-20H2,1H3/t26-/m1/s1. The molecule has 0 radical (unpaired) electrons. The maximum atomic E-state index is 14.0. The zero-order chi connectivity index (χ0) is 26.5. The van der Waals surface area contributed by atoms with Crippen molar-refractivity contribution in [2.45, 2.75) is 38.8 Å². The minimum Gasteiger partial charge on any atom is -0.438 e. The molecular weight excluding hydrogens is 505 g/mol. The van der Waals surface area contributed by atoms with Crippen molar-refractivity contribution in [3.05, 3.63) is 107 Å². The van der Waals surface area contributed by atoms with E-state index in [-0.39, 0.29) is 18.6 Å². The molecule has 2 heterocycles. The third-order valence-electron chi connectivity index (χ3n) is 6.54. The van der Waals surface area contributed by atoms with Gasteiger partial charge in [-0.15, -0.1) is 0 Å². The highest BCUT2D eigenvalue weighted by molar-refractivity contribution is 6.30. The monoisotopic (exact) mass is 533 g/mol. The van der Waals surface area contributed by atoms with Gasteiger partial charge in [-0.05, 0) is 67.8 Å². The van der Waals surface area contributed by atoms with Gasteiger partial charge in [0.1, 0.15) is 11.6 Å². The Bertz CT molecular complexity index is 1390. The number of carbonyl (C=O) groups excluding carboxylic acids is 1. The van der Waals surface area contributed by atoms with Gasteiger partial charge in [-0.1, -0.05) is 42.8 Å². The largest absolute Gasteiger partial charge is 0.438 e. The Morgan fingerprint density at radius 2 is 1.92 bits per heavy atom. The van der Waals surface area contributed by atoms with Crippen molar-refractivity contribution in [3.8, 4) is 17.3 Å². The van der Waals surface area contributed by atoms with Crippen molar-refractivity contribution < 1.29 is 18.7 Å². The fraction of sp³-hybridized carbons (Fsp3) is 0.267. The van der Waals surface area contributed by atoms with Crippen LogP contribution in [-0.2, 0) is 17.7 Å². The molecule has 1 amide bonds. The lowest BCUT2D eigenvalue weighted by molar-refractivity contribution is 0.0505. The number of aryl methyl sites for hydroxylation is 1. The molecule has 3 aromatic carbocycles. The first-order valence-corrected chi connectivity index (χ1v) is 13.2. The summed E-state index contributed by atoms with van der Waals surface area (Å²) in [6.07, 6.45) is 2.43. The molecule has 0 N–H and O–H groups in total. The number of nitrogens with zero attached hydrogens (tertiary/aromatic N) is 3. The lowest BCUT2D eigenvalue weighted by atomic mass is 10.1. The second kappa shape index (κ2) is 11.8. The SMILES string of the molecule is CCc1nn(-c2ccccc2)c(Oc2cccc(F)c2)c1CN(C[C@H]1CCCO1)C(=O)c1ccc(Cl)cc1. The molecular formula is C30H29ClFN3O3. The lowest BCUT2D eigenvalue weighted by Crippen LogP contribution is -2.37. The van der Waals surface area contributed by atoms with Crippen LogP contribution in [-0.4, -0.2) is 39.8 Å². The van der Waals surface area contributed by atoms with Gasteiger partial charge >= 0.3 is 0 Å². The summed E-state index contributed by atoms with van der Waals surface area (Å²) in [4.78, 5) is 15.5. The number of halogens is 2. The first-order valence-electron chi connectivity index (χ1n) is 12.8. The fourth-order valence-electron chi connectivity index (χ4n) is 4.63. The number of amides is 1. The van der Waals surface area contributed by atoms with E-state index >= 15 is 0 Å². The highest BCUT2D eigenvalue weighted by Gasteiger charge is 2.28. The molecule has 0 unspecified atom stereocenters. The van der Waals surface area contributed by atoms with Crippen molar-refractivity contribution in [3.63, 3.8) is 0 Å². The highest BCUT2D eigenvalue weighted by atomic mass is 35.5. The van der Waals surface area contributed by atoms with Crippen LogP contribution in [0.5, 0.6) is 11.6 Å². The van der Waals surface area contributed by atoms with Crippen LogP contribution in [0, 0.1) is 5.82 Å². The molecule has 0 saturated carbocycles. The molecule has 38 heavy (non-hydrogen) atoms.